The van der Waals surface area contributed by atoms with Crippen molar-refractivity contribution in [1.29, 1.82) is 0 Å². The van der Waals surface area contributed by atoms with Gasteiger partial charge in [0.2, 0.25) is 0 Å². The van der Waals surface area contributed by atoms with Gasteiger partial charge >= 0.3 is 18.0 Å². The average molecular weight is 407 g/mol. The Morgan fingerprint density at radius 3 is 2.10 bits per heavy atom. The Balaban J connectivity index is 1.94. The molecule has 0 heterocycles. The van der Waals surface area contributed by atoms with Crippen LogP contribution in [0.3, 0.4) is 0 Å². The molecule has 0 fully saturated rings. The summed E-state index contributed by atoms with van der Waals surface area (Å²) < 4.78 is 40.3. The highest BCUT2D eigenvalue weighted by molar-refractivity contribution is 5.90. The van der Waals surface area contributed by atoms with Crippen LogP contribution < -0.4 is 9.84 Å². The van der Waals surface area contributed by atoms with Crippen LogP contribution in [-0.2, 0) is 19.9 Å². The van der Waals surface area contributed by atoms with Gasteiger partial charge in [0.25, 0.3) is 0 Å². The molecule has 0 bridgehead atoms. The van der Waals surface area contributed by atoms with Crippen LogP contribution in [-0.4, -0.2) is 30.6 Å². The lowest BCUT2D eigenvalue weighted by Crippen LogP contribution is -2.45. The predicted octanol–water partition coefficient (Wildman–Crippen LogP) is 2.68. The Labute approximate surface area is 164 Å². The lowest BCUT2D eigenvalue weighted by atomic mass is 9.98. The molecule has 29 heavy (non-hydrogen) atoms. The van der Waals surface area contributed by atoms with E-state index in [2.05, 4.69) is 4.74 Å². The van der Waals surface area contributed by atoms with Crippen molar-refractivity contribution in [3.8, 4) is 5.75 Å². The molecule has 0 saturated heterocycles. The quantitative estimate of drug-likeness (QED) is 0.514. The molecule has 9 heteroatoms. The van der Waals surface area contributed by atoms with Gasteiger partial charge in [-0.2, -0.15) is 8.78 Å². The number of hydrogen-bond donors (Lipinski definition) is 0. The van der Waals surface area contributed by atoms with Gasteiger partial charge in [0.15, 0.2) is 6.61 Å². The second-order valence-corrected chi connectivity index (χ2v) is 6.42. The van der Waals surface area contributed by atoms with Crippen LogP contribution in [0, 0.1) is 0 Å². The first-order chi connectivity index (χ1) is 13.5. The number of benzene rings is 2. The minimum absolute atomic E-state index is 0.0375. The number of aliphatic carboxylic acids is 1. The van der Waals surface area contributed by atoms with E-state index in [1.165, 1.54) is 12.1 Å². The lowest BCUT2D eigenvalue weighted by molar-refractivity contribution is -0.331. The molecule has 0 radical (unpaired) electrons. The fourth-order valence-corrected chi connectivity index (χ4v) is 2.18. The summed E-state index contributed by atoms with van der Waals surface area (Å²) in [5.41, 5.74) is -0.348. The van der Waals surface area contributed by atoms with Gasteiger partial charge in [0.1, 0.15) is 17.3 Å². The van der Waals surface area contributed by atoms with E-state index in [-0.39, 0.29) is 11.3 Å². The third-order valence-corrected chi connectivity index (χ3v) is 3.78. The number of ether oxygens (including phenoxy) is 3. The van der Waals surface area contributed by atoms with Crippen molar-refractivity contribution in [1.82, 2.24) is 0 Å². The topological polar surface area (TPSA) is 102 Å². The molecule has 0 aliphatic heterocycles. The van der Waals surface area contributed by atoms with Crippen LogP contribution in [0.25, 0.3) is 0 Å². The smallest absolute Gasteiger partial charge is 0.514 e. The maximum atomic E-state index is 12.9. The van der Waals surface area contributed by atoms with Gasteiger partial charge in [-0.3, -0.25) is 0 Å². The molecule has 0 aromatic heterocycles. The molecule has 0 saturated carbocycles. The Bertz CT molecular complexity index is 877. The van der Waals surface area contributed by atoms with Gasteiger partial charge < -0.3 is 24.1 Å². The molecule has 0 amide bonds. The molecule has 0 aliphatic rings. The lowest BCUT2D eigenvalue weighted by Gasteiger charge is -2.24. The Kier molecular flexibility index (Phi) is 6.53. The van der Waals surface area contributed by atoms with Crippen LogP contribution >= 0.6 is 0 Å². The van der Waals surface area contributed by atoms with Crippen molar-refractivity contribution in [2.45, 2.75) is 25.4 Å². The number of esters is 1. The Morgan fingerprint density at radius 1 is 0.966 bits per heavy atom. The van der Waals surface area contributed by atoms with E-state index in [4.69, 9.17) is 9.47 Å². The van der Waals surface area contributed by atoms with Gasteiger partial charge in [-0.1, -0.05) is 30.3 Å². The summed E-state index contributed by atoms with van der Waals surface area (Å²) in [4.78, 5) is 33.9. The molecule has 154 valence electrons. The third-order valence-electron chi connectivity index (χ3n) is 3.78. The van der Waals surface area contributed by atoms with Crippen molar-refractivity contribution in [2.24, 2.45) is 0 Å². The van der Waals surface area contributed by atoms with E-state index < -0.39 is 36.2 Å². The Hall–Kier alpha value is -3.49. The van der Waals surface area contributed by atoms with E-state index in [0.717, 1.165) is 17.7 Å². The number of hydrogen-bond acceptors (Lipinski definition) is 7. The van der Waals surface area contributed by atoms with Crippen LogP contribution in [0.5, 0.6) is 5.75 Å². The standard InChI is InChI=1S/C20H18F2O7/c1-19(2,14-6-4-3-5-7-14)29-18(26)28-15-10-8-13(9-11-15)16(23)27-12-20(21,22)17(24)25/h3-11H,12H2,1-2H3,(H,24,25)/p-1. The molecule has 0 spiro atoms. The number of alkyl halides is 2. The fraction of sp³-hybridized carbons (Fsp3) is 0.250. The predicted molar refractivity (Wildman–Crippen MR) is 93.3 cm³/mol. The molecule has 2 aromatic carbocycles. The summed E-state index contributed by atoms with van der Waals surface area (Å²) in [5.74, 6) is -8.08. The maximum Gasteiger partial charge on any atom is 0.514 e. The van der Waals surface area contributed by atoms with E-state index in [9.17, 15) is 28.3 Å². The minimum Gasteiger partial charge on any atom is -0.544 e. The van der Waals surface area contributed by atoms with E-state index in [1.807, 2.05) is 6.07 Å². The molecular formula is C20H17F2O7-. The number of carbonyl (C=O) groups is 3. The number of rotatable bonds is 7. The first-order valence-electron chi connectivity index (χ1n) is 8.34. The highest BCUT2D eigenvalue weighted by Gasteiger charge is 2.33. The second kappa shape index (κ2) is 8.68. The van der Waals surface area contributed by atoms with E-state index in [0.29, 0.717) is 0 Å². The molecule has 0 N–H and O–H groups in total. The zero-order chi connectivity index (χ0) is 21.7. The van der Waals surface area contributed by atoms with Crippen LogP contribution in [0.2, 0.25) is 0 Å². The van der Waals surface area contributed by atoms with Crippen molar-refractivity contribution >= 4 is 18.1 Å². The summed E-state index contributed by atoms with van der Waals surface area (Å²) in [6.07, 6.45) is -0.984. The van der Waals surface area contributed by atoms with E-state index >= 15 is 0 Å². The highest BCUT2D eigenvalue weighted by Crippen LogP contribution is 2.25. The molecule has 0 aliphatic carbocycles. The summed E-state index contributed by atoms with van der Waals surface area (Å²) in [7, 11) is 0. The molecule has 0 unspecified atom stereocenters. The van der Waals surface area contributed by atoms with Crippen LogP contribution in [0.1, 0.15) is 29.8 Å². The van der Waals surface area contributed by atoms with Gasteiger partial charge in [0, 0.05) is 0 Å². The van der Waals surface area contributed by atoms with Gasteiger partial charge in [-0.15, -0.1) is 0 Å². The average Bonchev–Trinajstić information content (AvgIpc) is 2.67. The molecule has 2 aromatic rings. The van der Waals surface area contributed by atoms with Crippen LogP contribution in [0.4, 0.5) is 13.6 Å². The summed E-state index contributed by atoms with van der Waals surface area (Å²) in [6.45, 7) is 1.71. The van der Waals surface area contributed by atoms with E-state index in [1.54, 1.807) is 38.1 Å². The zero-order valence-corrected chi connectivity index (χ0v) is 15.5. The maximum absolute atomic E-state index is 12.9. The van der Waals surface area contributed by atoms with Crippen molar-refractivity contribution in [2.75, 3.05) is 6.61 Å². The SMILES string of the molecule is CC(C)(OC(=O)Oc1ccc(C(=O)OCC(F)(F)C(=O)[O-])cc1)c1ccccc1. The largest absolute Gasteiger partial charge is 0.544 e. The van der Waals surface area contributed by atoms with Crippen molar-refractivity contribution in [3.63, 3.8) is 0 Å². The number of carbonyl (C=O) groups excluding carboxylic acids is 3. The van der Waals surface area contributed by atoms with Gasteiger partial charge in [-0.25, -0.2) is 9.59 Å². The number of halogens is 2. The van der Waals surface area contributed by atoms with Crippen LogP contribution in [0.15, 0.2) is 54.6 Å². The monoisotopic (exact) mass is 407 g/mol. The van der Waals surface area contributed by atoms with Crippen molar-refractivity contribution < 1.29 is 42.5 Å². The molecule has 2 rings (SSSR count). The third kappa shape index (κ3) is 6.00. The van der Waals surface area contributed by atoms with Gasteiger partial charge in [0.05, 0.1) is 5.56 Å². The second-order valence-electron chi connectivity index (χ2n) is 6.42. The first kappa shape index (κ1) is 21.8. The molecule has 0 atom stereocenters. The molecule has 7 nitrogen and oxygen atoms in total. The normalized spacial score (nSPS) is 11.4. The highest BCUT2D eigenvalue weighted by atomic mass is 19.3. The molecular weight excluding hydrogens is 390 g/mol. The number of carboxylic acid groups (broad SMARTS) is 1. The summed E-state index contributed by atoms with van der Waals surface area (Å²) >= 11 is 0. The van der Waals surface area contributed by atoms with Gasteiger partial charge in [-0.05, 0) is 43.7 Å². The zero-order valence-electron chi connectivity index (χ0n) is 15.5. The fourth-order valence-electron chi connectivity index (χ4n) is 2.18. The number of carboxylic acids is 1. The first-order valence-corrected chi connectivity index (χ1v) is 8.34. The van der Waals surface area contributed by atoms with Crippen molar-refractivity contribution in [3.05, 3.63) is 65.7 Å². The minimum atomic E-state index is -4.30. The Morgan fingerprint density at radius 2 is 1.55 bits per heavy atom. The summed E-state index contributed by atoms with van der Waals surface area (Å²) in [6, 6.07) is 13.8. The summed E-state index contributed by atoms with van der Waals surface area (Å²) in [5, 5.41) is 10.2.